The van der Waals surface area contributed by atoms with E-state index in [4.69, 9.17) is 5.73 Å². The zero-order chi connectivity index (χ0) is 10.1. The first-order valence-electron chi connectivity index (χ1n) is 4.48. The van der Waals surface area contributed by atoms with E-state index in [1.165, 1.54) is 0 Å². The van der Waals surface area contributed by atoms with Crippen molar-refractivity contribution in [3.05, 3.63) is 28.2 Å². The van der Waals surface area contributed by atoms with Crippen LogP contribution in [0.4, 0.5) is 5.69 Å². The van der Waals surface area contributed by atoms with Crippen molar-refractivity contribution >= 4 is 27.5 Å². The maximum Gasteiger partial charge on any atom is 0.220 e. The first kappa shape index (κ1) is 9.52. The number of amides is 1. The second kappa shape index (κ2) is 3.61. The average molecular weight is 255 g/mol. The van der Waals surface area contributed by atoms with E-state index in [9.17, 15) is 4.79 Å². The molecular weight excluding hydrogens is 244 g/mol. The summed E-state index contributed by atoms with van der Waals surface area (Å²) in [7, 11) is 0. The van der Waals surface area contributed by atoms with Gasteiger partial charge < -0.3 is 11.1 Å². The monoisotopic (exact) mass is 254 g/mol. The maximum absolute atomic E-state index is 11.1. The van der Waals surface area contributed by atoms with Gasteiger partial charge in [-0.2, -0.15) is 0 Å². The van der Waals surface area contributed by atoms with Crippen LogP contribution in [0.15, 0.2) is 22.7 Å². The minimum absolute atomic E-state index is 0.106. The number of rotatable bonds is 1. The van der Waals surface area contributed by atoms with Crippen LogP contribution < -0.4 is 11.1 Å². The van der Waals surface area contributed by atoms with Crippen molar-refractivity contribution < 1.29 is 4.79 Å². The highest BCUT2D eigenvalue weighted by atomic mass is 79.9. The van der Waals surface area contributed by atoms with E-state index in [1.54, 1.807) is 0 Å². The normalized spacial score (nSPS) is 20.9. The van der Waals surface area contributed by atoms with Gasteiger partial charge in [-0.05, 0) is 23.8 Å². The SMILES string of the molecule is Nc1ccc(Br)cc1C1CNC(=O)C1. The van der Waals surface area contributed by atoms with Crippen LogP contribution >= 0.6 is 15.9 Å². The lowest BCUT2D eigenvalue weighted by molar-refractivity contribution is -0.119. The van der Waals surface area contributed by atoms with Crippen molar-refractivity contribution in [2.75, 3.05) is 12.3 Å². The summed E-state index contributed by atoms with van der Waals surface area (Å²) in [5.74, 6) is 0.328. The van der Waals surface area contributed by atoms with Crippen molar-refractivity contribution in [3.63, 3.8) is 0 Å². The summed E-state index contributed by atoms with van der Waals surface area (Å²) >= 11 is 3.40. The third-order valence-corrected chi connectivity index (χ3v) is 2.96. The Labute approximate surface area is 90.8 Å². The average Bonchev–Trinajstić information content (AvgIpc) is 2.56. The Balaban J connectivity index is 2.31. The topological polar surface area (TPSA) is 55.1 Å². The van der Waals surface area contributed by atoms with Gasteiger partial charge in [-0.1, -0.05) is 15.9 Å². The van der Waals surface area contributed by atoms with Crippen LogP contribution in [-0.4, -0.2) is 12.5 Å². The fourth-order valence-electron chi connectivity index (χ4n) is 1.72. The molecule has 1 aliphatic heterocycles. The van der Waals surface area contributed by atoms with Gasteiger partial charge >= 0.3 is 0 Å². The van der Waals surface area contributed by atoms with Gasteiger partial charge in [0.2, 0.25) is 5.91 Å². The van der Waals surface area contributed by atoms with E-state index in [-0.39, 0.29) is 11.8 Å². The van der Waals surface area contributed by atoms with Crippen LogP contribution in [0.3, 0.4) is 0 Å². The molecule has 1 aromatic carbocycles. The molecule has 0 saturated carbocycles. The molecule has 4 heteroatoms. The van der Waals surface area contributed by atoms with Crippen LogP contribution in [0.25, 0.3) is 0 Å². The number of halogens is 1. The predicted octanol–water partition coefficient (Wildman–Crippen LogP) is 1.63. The molecule has 1 aromatic rings. The Kier molecular flexibility index (Phi) is 2.46. The third kappa shape index (κ3) is 1.75. The lowest BCUT2D eigenvalue weighted by Crippen LogP contribution is -2.13. The molecule has 3 nitrogen and oxygen atoms in total. The van der Waals surface area contributed by atoms with Crippen LogP contribution in [0.2, 0.25) is 0 Å². The van der Waals surface area contributed by atoms with E-state index >= 15 is 0 Å². The summed E-state index contributed by atoms with van der Waals surface area (Å²) in [6.45, 7) is 0.694. The molecule has 1 heterocycles. The van der Waals surface area contributed by atoms with E-state index in [0.717, 1.165) is 15.7 Å². The molecule has 3 N–H and O–H groups in total. The molecule has 2 rings (SSSR count). The molecule has 1 atom stereocenters. The van der Waals surface area contributed by atoms with Gasteiger partial charge in [0, 0.05) is 29.0 Å². The minimum Gasteiger partial charge on any atom is -0.398 e. The molecule has 74 valence electrons. The van der Waals surface area contributed by atoms with Gasteiger partial charge in [0.05, 0.1) is 0 Å². The molecule has 0 spiro atoms. The smallest absolute Gasteiger partial charge is 0.220 e. The first-order valence-corrected chi connectivity index (χ1v) is 5.28. The molecule has 0 aromatic heterocycles. The molecule has 1 unspecified atom stereocenters. The molecule has 0 radical (unpaired) electrons. The Hall–Kier alpha value is -1.03. The number of carbonyl (C=O) groups excluding carboxylic acids is 1. The number of nitrogens with two attached hydrogens (primary N) is 1. The molecule has 1 aliphatic rings. The number of nitrogens with one attached hydrogen (secondary N) is 1. The summed E-state index contributed by atoms with van der Waals surface area (Å²) < 4.78 is 1.00. The van der Waals surface area contributed by atoms with Gasteiger partial charge in [-0.25, -0.2) is 0 Å². The van der Waals surface area contributed by atoms with Gasteiger partial charge in [0.15, 0.2) is 0 Å². The molecule has 0 bridgehead atoms. The number of hydrogen-bond acceptors (Lipinski definition) is 2. The Morgan fingerprint density at radius 2 is 2.29 bits per heavy atom. The van der Waals surface area contributed by atoms with Crippen LogP contribution in [0, 0.1) is 0 Å². The minimum atomic E-state index is 0.106. The molecular formula is C10H11BrN2O. The van der Waals surface area contributed by atoms with Crippen molar-refractivity contribution in [1.29, 1.82) is 0 Å². The first-order chi connectivity index (χ1) is 6.66. The highest BCUT2D eigenvalue weighted by Gasteiger charge is 2.24. The molecule has 1 amide bonds. The van der Waals surface area contributed by atoms with Crippen LogP contribution in [0.5, 0.6) is 0 Å². The predicted molar refractivity (Wildman–Crippen MR) is 58.9 cm³/mol. The summed E-state index contributed by atoms with van der Waals surface area (Å²) in [5.41, 5.74) is 7.67. The van der Waals surface area contributed by atoms with Crippen molar-refractivity contribution in [1.82, 2.24) is 5.32 Å². The number of anilines is 1. The van der Waals surface area contributed by atoms with E-state index < -0.39 is 0 Å². The fourth-order valence-corrected chi connectivity index (χ4v) is 2.10. The van der Waals surface area contributed by atoms with E-state index in [1.807, 2.05) is 18.2 Å². The number of nitrogen functional groups attached to an aromatic ring is 1. The lowest BCUT2D eigenvalue weighted by Gasteiger charge is -2.11. The Bertz CT molecular complexity index is 378. The second-order valence-corrected chi connectivity index (χ2v) is 4.39. The van der Waals surface area contributed by atoms with Gasteiger partial charge in [-0.15, -0.1) is 0 Å². The highest BCUT2D eigenvalue weighted by molar-refractivity contribution is 9.10. The quantitative estimate of drug-likeness (QED) is 0.749. The zero-order valence-electron chi connectivity index (χ0n) is 7.59. The highest BCUT2D eigenvalue weighted by Crippen LogP contribution is 2.30. The van der Waals surface area contributed by atoms with Crippen molar-refractivity contribution in [3.8, 4) is 0 Å². The number of hydrogen-bond donors (Lipinski definition) is 2. The number of carbonyl (C=O) groups is 1. The molecule has 1 fully saturated rings. The number of benzene rings is 1. The van der Waals surface area contributed by atoms with E-state index in [2.05, 4.69) is 21.2 Å². The van der Waals surface area contributed by atoms with Gasteiger partial charge in [-0.3, -0.25) is 4.79 Å². The molecule has 1 saturated heterocycles. The zero-order valence-corrected chi connectivity index (χ0v) is 9.17. The summed E-state index contributed by atoms with van der Waals surface area (Å²) in [6, 6.07) is 5.76. The standard InChI is InChI=1S/C10H11BrN2O/c11-7-1-2-9(12)8(4-7)6-3-10(14)13-5-6/h1-2,4,6H,3,5,12H2,(H,13,14). The van der Waals surface area contributed by atoms with Crippen LogP contribution in [-0.2, 0) is 4.79 Å². The molecule has 14 heavy (non-hydrogen) atoms. The third-order valence-electron chi connectivity index (χ3n) is 2.47. The van der Waals surface area contributed by atoms with Crippen LogP contribution in [0.1, 0.15) is 17.9 Å². The Morgan fingerprint density at radius 3 is 2.93 bits per heavy atom. The van der Waals surface area contributed by atoms with Gasteiger partial charge in [0.25, 0.3) is 0 Å². The maximum atomic E-state index is 11.1. The molecule has 0 aliphatic carbocycles. The summed E-state index contributed by atoms with van der Waals surface area (Å²) in [4.78, 5) is 11.1. The largest absolute Gasteiger partial charge is 0.398 e. The van der Waals surface area contributed by atoms with Crippen molar-refractivity contribution in [2.45, 2.75) is 12.3 Å². The van der Waals surface area contributed by atoms with E-state index in [0.29, 0.717) is 13.0 Å². The lowest BCUT2D eigenvalue weighted by atomic mass is 9.97. The Morgan fingerprint density at radius 1 is 1.50 bits per heavy atom. The summed E-state index contributed by atoms with van der Waals surface area (Å²) in [6.07, 6.45) is 0.542. The van der Waals surface area contributed by atoms with Crippen molar-refractivity contribution in [2.24, 2.45) is 0 Å². The summed E-state index contributed by atoms with van der Waals surface area (Å²) in [5, 5.41) is 2.80. The van der Waals surface area contributed by atoms with Gasteiger partial charge in [0.1, 0.15) is 0 Å². The fraction of sp³-hybridized carbons (Fsp3) is 0.300. The second-order valence-electron chi connectivity index (χ2n) is 3.48.